The first-order chi connectivity index (χ1) is 8.29. The maximum absolute atomic E-state index is 9.57. The summed E-state index contributed by atoms with van der Waals surface area (Å²) in [5.41, 5.74) is 1.12. The quantitative estimate of drug-likeness (QED) is 0.808. The van der Waals surface area contributed by atoms with Crippen LogP contribution in [0.4, 0.5) is 0 Å². The Kier molecular flexibility index (Phi) is 4.20. The van der Waals surface area contributed by atoms with Gasteiger partial charge in [0.1, 0.15) is 0 Å². The Morgan fingerprint density at radius 3 is 2.88 bits per heavy atom. The molecule has 0 atom stereocenters. The first-order valence-corrected chi connectivity index (χ1v) is 6.37. The summed E-state index contributed by atoms with van der Waals surface area (Å²) >= 11 is 0. The van der Waals surface area contributed by atoms with Gasteiger partial charge in [0.2, 0.25) is 0 Å². The van der Waals surface area contributed by atoms with Crippen LogP contribution in [0, 0.1) is 0 Å². The number of aliphatic hydroxyl groups excluding tert-OH is 1. The van der Waals surface area contributed by atoms with E-state index in [9.17, 15) is 5.11 Å². The van der Waals surface area contributed by atoms with Crippen LogP contribution >= 0.6 is 0 Å². The lowest BCUT2D eigenvalue weighted by atomic mass is 9.91. The van der Waals surface area contributed by atoms with Crippen molar-refractivity contribution < 1.29 is 9.84 Å². The van der Waals surface area contributed by atoms with Crippen molar-refractivity contribution in [1.29, 1.82) is 0 Å². The van der Waals surface area contributed by atoms with E-state index in [1.807, 2.05) is 0 Å². The van der Waals surface area contributed by atoms with Crippen molar-refractivity contribution in [2.75, 3.05) is 19.8 Å². The molecule has 0 aliphatic carbocycles. The Bertz CT molecular complexity index is 343. The summed E-state index contributed by atoms with van der Waals surface area (Å²) in [7, 11) is 0. The van der Waals surface area contributed by atoms with E-state index in [2.05, 4.69) is 35.1 Å². The van der Waals surface area contributed by atoms with Crippen LogP contribution < -0.4 is 5.32 Å². The minimum absolute atomic E-state index is 0.152. The molecule has 1 aromatic rings. The predicted molar refractivity (Wildman–Crippen MR) is 66.8 cm³/mol. The largest absolute Gasteiger partial charge is 0.394 e. The van der Waals surface area contributed by atoms with Crippen LogP contribution in [0.2, 0.25) is 0 Å². The highest BCUT2D eigenvalue weighted by molar-refractivity contribution is 5.08. The Morgan fingerprint density at radius 2 is 2.24 bits per heavy atom. The highest BCUT2D eigenvalue weighted by Crippen LogP contribution is 2.20. The first kappa shape index (κ1) is 12.6. The van der Waals surface area contributed by atoms with Gasteiger partial charge in [0.15, 0.2) is 0 Å². The van der Waals surface area contributed by atoms with Crippen LogP contribution in [0.5, 0.6) is 0 Å². The molecule has 2 rings (SSSR count). The fourth-order valence-corrected chi connectivity index (χ4v) is 2.35. The number of aryl methyl sites for hydroxylation is 1. The first-order valence-electron chi connectivity index (χ1n) is 6.37. The highest BCUT2D eigenvalue weighted by Gasteiger charge is 2.31. The molecule has 1 fully saturated rings. The number of hydrogen-bond acceptors (Lipinski definition) is 3. The van der Waals surface area contributed by atoms with Crippen molar-refractivity contribution in [2.24, 2.45) is 0 Å². The topological polar surface area (TPSA) is 46.4 Å². The zero-order valence-electron chi connectivity index (χ0n) is 10.5. The number of aliphatic hydroxyl groups is 1. The smallest absolute Gasteiger partial charge is 0.0615 e. The molecule has 96 valence electrons. The summed E-state index contributed by atoms with van der Waals surface area (Å²) < 4.78 is 7.57. The third kappa shape index (κ3) is 2.89. The number of ether oxygens (including phenoxy) is 1. The molecule has 0 bridgehead atoms. The number of hydrogen-bond donors (Lipinski definition) is 2. The second-order valence-electron chi connectivity index (χ2n) is 4.69. The van der Waals surface area contributed by atoms with Gasteiger partial charge >= 0.3 is 0 Å². The molecule has 0 amide bonds. The average molecular weight is 238 g/mol. The maximum Gasteiger partial charge on any atom is 0.0615 e. The molecular weight excluding hydrogens is 216 g/mol. The Morgan fingerprint density at radius 1 is 1.47 bits per heavy atom. The molecule has 0 unspecified atom stereocenters. The van der Waals surface area contributed by atoms with Crippen LogP contribution in [0.1, 0.15) is 25.5 Å². The van der Waals surface area contributed by atoms with E-state index in [1.54, 1.807) is 0 Å². The zero-order chi connectivity index (χ0) is 12.1. The normalized spacial score (nSPS) is 19.4. The fraction of sp³-hybridized carbons (Fsp3) is 0.692. The van der Waals surface area contributed by atoms with Gasteiger partial charge in [-0.15, -0.1) is 0 Å². The third-order valence-electron chi connectivity index (χ3n) is 3.66. The van der Waals surface area contributed by atoms with E-state index in [0.29, 0.717) is 0 Å². The van der Waals surface area contributed by atoms with Gasteiger partial charge in [-0.3, -0.25) is 0 Å². The lowest BCUT2D eigenvalue weighted by molar-refractivity contribution is 0.0109. The molecule has 1 aromatic heterocycles. The molecule has 1 aliphatic rings. The summed E-state index contributed by atoms with van der Waals surface area (Å²) in [6.07, 6.45) is 3.86. The third-order valence-corrected chi connectivity index (χ3v) is 3.66. The second-order valence-corrected chi connectivity index (χ2v) is 4.69. The van der Waals surface area contributed by atoms with Crippen molar-refractivity contribution in [1.82, 2.24) is 9.88 Å². The minimum Gasteiger partial charge on any atom is -0.394 e. The summed E-state index contributed by atoms with van der Waals surface area (Å²) in [5, 5.41) is 13.1. The van der Waals surface area contributed by atoms with Crippen LogP contribution in [0.15, 0.2) is 18.3 Å². The molecule has 4 nitrogen and oxygen atoms in total. The lowest BCUT2D eigenvalue weighted by Crippen LogP contribution is -2.52. The van der Waals surface area contributed by atoms with Gasteiger partial charge in [-0.2, -0.15) is 0 Å². The summed E-state index contributed by atoms with van der Waals surface area (Å²) in [6, 6.07) is 4.19. The van der Waals surface area contributed by atoms with Gasteiger partial charge in [0.05, 0.1) is 6.61 Å². The molecule has 4 heteroatoms. The molecule has 2 heterocycles. The number of rotatable bonds is 5. The van der Waals surface area contributed by atoms with E-state index in [0.717, 1.165) is 39.1 Å². The monoisotopic (exact) mass is 238 g/mol. The number of aromatic nitrogens is 1. The van der Waals surface area contributed by atoms with Crippen molar-refractivity contribution in [2.45, 2.75) is 38.4 Å². The average Bonchev–Trinajstić information content (AvgIpc) is 2.85. The lowest BCUT2D eigenvalue weighted by Gasteiger charge is -2.36. The summed E-state index contributed by atoms with van der Waals surface area (Å²) in [4.78, 5) is 0. The van der Waals surface area contributed by atoms with Crippen LogP contribution in [-0.2, 0) is 17.8 Å². The van der Waals surface area contributed by atoms with Gasteiger partial charge < -0.3 is 19.7 Å². The standard InChI is InChI=1S/C13H22N2O2/c1-2-15-7-3-4-12(15)10-14-13(11-16)5-8-17-9-6-13/h3-4,7,14,16H,2,5-6,8-11H2,1H3. The van der Waals surface area contributed by atoms with E-state index in [-0.39, 0.29) is 12.1 Å². The summed E-state index contributed by atoms with van der Waals surface area (Å²) in [5.74, 6) is 0. The Labute approximate surface area is 103 Å². The van der Waals surface area contributed by atoms with Crippen LogP contribution in [0.25, 0.3) is 0 Å². The molecule has 17 heavy (non-hydrogen) atoms. The van der Waals surface area contributed by atoms with Crippen LogP contribution in [-0.4, -0.2) is 35.0 Å². The Hall–Kier alpha value is -0.840. The SMILES string of the molecule is CCn1cccc1CNC1(CO)CCOCC1. The second kappa shape index (κ2) is 5.67. The molecule has 0 saturated carbocycles. The van der Waals surface area contributed by atoms with Gasteiger partial charge in [-0.25, -0.2) is 0 Å². The van der Waals surface area contributed by atoms with Gasteiger partial charge in [0, 0.05) is 43.7 Å². The van der Waals surface area contributed by atoms with Gasteiger partial charge in [-0.1, -0.05) is 0 Å². The van der Waals surface area contributed by atoms with Crippen molar-refractivity contribution in [3.63, 3.8) is 0 Å². The van der Waals surface area contributed by atoms with E-state index >= 15 is 0 Å². The van der Waals surface area contributed by atoms with Crippen LogP contribution in [0.3, 0.4) is 0 Å². The summed E-state index contributed by atoms with van der Waals surface area (Å²) in [6.45, 7) is 5.59. The van der Waals surface area contributed by atoms with Crippen molar-refractivity contribution in [3.05, 3.63) is 24.0 Å². The van der Waals surface area contributed by atoms with Gasteiger partial charge in [0.25, 0.3) is 0 Å². The van der Waals surface area contributed by atoms with E-state index in [1.165, 1.54) is 5.69 Å². The van der Waals surface area contributed by atoms with Gasteiger partial charge in [-0.05, 0) is 31.9 Å². The molecular formula is C13H22N2O2. The zero-order valence-corrected chi connectivity index (χ0v) is 10.5. The fourth-order valence-electron chi connectivity index (χ4n) is 2.35. The molecule has 2 N–H and O–H groups in total. The predicted octanol–water partition coefficient (Wildman–Crippen LogP) is 1.14. The maximum atomic E-state index is 9.57. The number of nitrogens with zero attached hydrogens (tertiary/aromatic N) is 1. The highest BCUT2D eigenvalue weighted by atomic mass is 16.5. The Balaban J connectivity index is 1.95. The van der Waals surface area contributed by atoms with E-state index in [4.69, 9.17) is 4.74 Å². The molecule has 0 radical (unpaired) electrons. The number of nitrogens with one attached hydrogen (secondary N) is 1. The molecule has 0 aromatic carbocycles. The molecule has 0 spiro atoms. The molecule has 1 saturated heterocycles. The van der Waals surface area contributed by atoms with E-state index < -0.39 is 0 Å². The molecule has 1 aliphatic heterocycles. The van der Waals surface area contributed by atoms with Crippen molar-refractivity contribution >= 4 is 0 Å². The minimum atomic E-state index is -0.152. The van der Waals surface area contributed by atoms with Crippen molar-refractivity contribution in [3.8, 4) is 0 Å².